The molecule has 1 fully saturated rings. The highest BCUT2D eigenvalue weighted by Gasteiger charge is 2.30. The van der Waals surface area contributed by atoms with Crippen molar-refractivity contribution >= 4 is 15.7 Å². The van der Waals surface area contributed by atoms with Gasteiger partial charge < -0.3 is 10.5 Å². The summed E-state index contributed by atoms with van der Waals surface area (Å²) in [6.07, 6.45) is 2.00. The Hall–Kier alpha value is -1.27. The van der Waals surface area contributed by atoms with Crippen LogP contribution in [0.1, 0.15) is 19.8 Å². The van der Waals surface area contributed by atoms with Gasteiger partial charge in [-0.25, -0.2) is 12.7 Å². The van der Waals surface area contributed by atoms with Gasteiger partial charge in [0, 0.05) is 18.8 Å². The summed E-state index contributed by atoms with van der Waals surface area (Å²) in [6, 6.07) is 6.95. The highest BCUT2D eigenvalue weighted by Crippen LogP contribution is 2.22. The smallest absolute Gasteiger partial charge is 0.217 e. The van der Waals surface area contributed by atoms with E-state index in [1.54, 1.807) is 28.6 Å². The second kappa shape index (κ2) is 6.45. The molecule has 112 valence electrons. The summed E-state index contributed by atoms with van der Waals surface area (Å²) in [6.45, 7) is 3.56. The fourth-order valence-electron chi connectivity index (χ4n) is 2.34. The molecule has 5 nitrogen and oxygen atoms in total. The van der Waals surface area contributed by atoms with Crippen molar-refractivity contribution in [3.63, 3.8) is 0 Å². The van der Waals surface area contributed by atoms with E-state index in [0.29, 0.717) is 30.4 Å². The van der Waals surface area contributed by atoms with Gasteiger partial charge in [-0.3, -0.25) is 0 Å². The van der Waals surface area contributed by atoms with Crippen molar-refractivity contribution in [2.24, 2.45) is 5.92 Å². The number of nitrogens with two attached hydrogens (primary N) is 1. The van der Waals surface area contributed by atoms with Crippen LogP contribution in [0.5, 0.6) is 5.75 Å². The molecule has 1 atom stereocenters. The van der Waals surface area contributed by atoms with E-state index in [9.17, 15) is 8.42 Å². The second-order valence-electron chi connectivity index (χ2n) is 5.15. The summed E-state index contributed by atoms with van der Waals surface area (Å²) in [5.41, 5.74) is 6.24. The molecule has 0 amide bonds. The number of sulfonamides is 1. The zero-order chi connectivity index (χ0) is 14.6. The molecule has 1 aliphatic heterocycles. The van der Waals surface area contributed by atoms with Gasteiger partial charge in [0.1, 0.15) is 12.4 Å². The first-order chi connectivity index (χ1) is 9.51. The predicted molar refractivity (Wildman–Crippen MR) is 80.1 cm³/mol. The van der Waals surface area contributed by atoms with E-state index < -0.39 is 10.0 Å². The topological polar surface area (TPSA) is 72.6 Å². The molecule has 0 aromatic heterocycles. The van der Waals surface area contributed by atoms with E-state index in [1.807, 2.05) is 0 Å². The van der Waals surface area contributed by atoms with Crippen LogP contribution in [-0.4, -0.2) is 38.2 Å². The summed E-state index contributed by atoms with van der Waals surface area (Å²) < 4.78 is 31.4. The van der Waals surface area contributed by atoms with Gasteiger partial charge in [0.05, 0.1) is 5.75 Å². The van der Waals surface area contributed by atoms with Gasteiger partial charge in [-0.05, 0) is 36.6 Å². The summed E-state index contributed by atoms with van der Waals surface area (Å²) in [7, 11) is -3.20. The number of anilines is 1. The zero-order valence-electron chi connectivity index (χ0n) is 11.8. The Morgan fingerprint density at radius 3 is 2.65 bits per heavy atom. The van der Waals surface area contributed by atoms with Crippen molar-refractivity contribution in [3.05, 3.63) is 24.3 Å². The Balaban J connectivity index is 1.82. The maximum absolute atomic E-state index is 12.2. The molecule has 20 heavy (non-hydrogen) atoms. The number of rotatable bonds is 6. The van der Waals surface area contributed by atoms with Gasteiger partial charge in [-0.15, -0.1) is 0 Å². The predicted octanol–water partition coefficient (Wildman–Crippen LogP) is 1.71. The zero-order valence-corrected chi connectivity index (χ0v) is 12.6. The van der Waals surface area contributed by atoms with Gasteiger partial charge >= 0.3 is 0 Å². The Labute approximate surface area is 120 Å². The summed E-state index contributed by atoms with van der Waals surface area (Å²) in [4.78, 5) is 0. The number of hydrogen-bond donors (Lipinski definition) is 1. The lowest BCUT2D eigenvalue weighted by Crippen LogP contribution is -2.33. The average molecular weight is 298 g/mol. The van der Waals surface area contributed by atoms with E-state index in [-0.39, 0.29) is 12.4 Å². The van der Waals surface area contributed by atoms with Crippen molar-refractivity contribution in [1.82, 2.24) is 4.31 Å². The molecular formula is C14H22N2O3S. The van der Waals surface area contributed by atoms with E-state index in [2.05, 4.69) is 6.92 Å². The van der Waals surface area contributed by atoms with Gasteiger partial charge in [0.2, 0.25) is 10.0 Å². The summed E-state index contributed by atoms with van der Waals surface area (Å²) in [5.74, 6) is 1.17. The summed E-state index contributed by atoms with van der Waals surface area (Å²) >= 11 is 0. The fourth-order valence-corrected chi connectivity index (χ4v) is 3.71. The second-order valence-corrected chi connectivity index (χ2v) is 7.24. The molecule has 0 spiro atoms. The molecule has 1 aliphatic rings. The monoisotopic (exact) mass is 298 g/mol. The lowest BCUT2D eigenvalue weighted by molar-refractivity contribution is 0.336. The van der Waals surface area contributed by atoms with Crippen LogP contribution in [0.25, 0.3) is 0 Å². The van der Waals surface area contributed by atoms with E-state index in [1.165, 1.54) is 0 Å². The van der Waals surface area contributed by atoms with Crippen LogP contribution in [0.15, 0.2) is 24.3 Å². The molecule has 6 heteroatoms. The van der Waals surface area contributed by atoms with E-state index in [0.717, 1.165) is 12.8 Å². The highest BCUT2D eigenvalue weighted by atomic mass is 32.2. The van der Waals surface area contributed by atoms with Crippen molar-refractivity contribution in [1.29, 1.82) is 0 Å². The van der Waals surface area contributed by atoms with Crippen LogP contribution in [-0.2, 0) is 10.0 Å². The number of ether oxygens (including phenoxy) is 1. The number of hydrogen-bond acceptors (Lipinski definition) is 4. The maximum atomic E-state index is 12.2. The largest absolute Gasteiger partial charge is 0.492 e. The molecule has 1 saturated heterocycles. The molecule has 1 unspecified atom stereocenters. The Morgan fingerprint density at radius 1 is 1.35 bits per heavy atom. The first-order valence-corrected chi connectivity index (χ1v) is 8.58. The number of nitrogens with zero attached hydrogens (tertiary/aromatic N) is 1. The van der Waals surface area contributed by atoms with Crippen molar-refractivity contribution in [3.8, 4) is 5.75 Å². The molecule has 1 aromatic carbocycles. The van der Waals surface area contributed by atoms with Crippen molar-refractivity contribution < 1.29 is 13.2 Å². The third-order valence-corrected chi connectivity index (χ3v) is 5.51. The average Bonchev–Trinajstić information content (AvgIpc) is 2.90. The van der Waals surface area contributed by atoms with Gasteiger partial charge in [-0.2, -0.15) is 0 Å². The molecule has 0 radical (unpaired) electrons. The van der Waals surface area contributed by atoms with Crippen LogP contribution in [0.3, 0.4) is 0 Å². The van der Waals surface area contributed by atoms with Crippen LogP contribution in [0, 0.1) is 5.92 Å². The maximum Gasteiger partial charge on any atom is 0.217 e. The van der Waals surface area contributed by atoms with Gasteiger partial charge in [0.15, 0.2) is 0 Å². The van der Waals surface area contributed by atoms with Gasteiger partial charge in [-0.1, -0.05) is 13.3 Å². The molecule has 1 aromatic rings. The lowest BCUT2D eigenvalue weighted by atomic mass is 10.1. The van der Waals surface area contributed by atoms with E-state index in [4.69, 9.17) is 10.5 Å². The molecule has 2 rings (SSSR count). The standard InChI is InChI=1S/C14H22N2O3S/c1-2-12-7-8-16(11-12)20(17,18)10-9-19-14-5-3-13(15)4-6-14/h3-6,12H,2,7-11,15H2,1H3. The SMILES string of the molecule is CCC1CCN(S(=O)(=O)CCOc2ccc(N)cc2)C1. The molecule has 0 bridgehead atoms. The number of nitrogen functional groups attached to an aromatic ring is 1. The fraction of sp³-hybridized carbons (Fsp3) is 0.571. The molecule has 0 aliphatic carbocycles. The first kappa shape index (κ1) is 15.1. The minimum atomic E-state index is -3.20. The van der Waals surface area contributed by atoms with Crippen LogP contribution < -0.4 is 10.5 Å². The van der Waals surface area contributed by atoms with Crippen LogP contribution in [0.4, 0.5) is 5.69 Å². The Morgan fingerprint density at radius 2 is 2.05 bits per heavy atom. The minimum absolute atomic E-state index is 0.0216. The van der Waals surface area contributed by atoms with Crippen LogP contribution >= 0.6 is 0 Å². The van der Waals surface area contributed by atoms with Gasteiger partial charge in [0.25, 0.3) is 0 Å². The normalized spacial score (nSPS) is 20.1. The minimum Gasteiger partial charge on any atom is -0.492 e. The van der Waals surface area contributed by atoms with Crippen molar-refractivity contribution in [2.75, 3.05) is 31.2 Å². The molecule has 1 heterocycles. The highest BCUT2D eigenvalue weighted by molar-refractivity contribution is 7.89. The van der Waals surface area contributed by atoms with Crippen molar-refractivity contribution in [2.45, 2.75) is 19.8 Å². The Kier molecular flexibility index (Phi) is 4.88. The summed E-state index contributed by atoms with van der Waals surface area (Å²) in [5, 5.41) is 0. The van der Waals surface area contributed by atoms with Crippen LogP contribution in [0.2, 0.25) is 0 Å². The Bertz CT molecular complexity index is 528. The third-order valence-electron chi connectivity index (χ3n) is 3.71. The molecule has 2 N–H and O–H groups in total. The lowest BCUT2D eigenvalue weighted by Gasteiger charge is -2.16. The van der Waals surface area contributed by atoms with E-state index >= 15 is 0 Å². The quantitative estimate of drug-likeness (QED) is 0.812. The first-order valence-electron chi connectivity index (χ1n) is 6.97. The molecular weight excluding hydrogens is 276 g/mol. The number of benzene rings is 1. The third kappa shape index (κ3) is 3.86. The molecule has 0 saturated carbocycles.